The highest BCUT2D eigenvalue weighted by Gasteiger charge is 1.99. The fourth-order valence-electron chi connectivity index (χ4n) is 1.30. The van der Waals surface area contributed by atoms with Crippen molar-refractivity contribution < 1.29 is 0 Å². The van der Waals surface area contributed by atoms with Crippen molar-refractivity contribution in [1.82, 2.24) is 9.78 Å². The Morgan fingerprint density at radius 2 is 2.54 bits per heavy atom. The number of rotatable bonds is 2. The van der Waals surface area contributed by atoms with E-state index in [0.29, 0.717) is 13.0 Å². The second-order valence-electron chi connectivity index (χ2n) is 2.76. The average Bonchev–Trinajstić information content (AvgIpc) is 2.58. The van der Waals surface area contributed by atoms with Gasteiger partial charge >= 0.3 is 0 Å². The Morgan fingerprint density at radius 1 is 1.62 bits per heavy atom. The Bertz CT molecular complexity index is 450. The van der Waals surface area contributed by atoms with Crippen LogP contribution in [-0.2, 0) is 6.54 Å². The first-order valence-electron chi connectivity index (χ1n) is 4.10. The van der Waals surface area contributed by atoms with Crippen LogP contribution in [0.2, 0.25) is 0 Å². The molecular weight excluding hydrogens is 162 g/mol. The molecular formula is C10H8N3. The molecule has 13 heavy (non-hydrogen) atoms. The van der Waals surface area contributed by atoms with Crippen LogP contribution in [0.4, 0.5) is 0 Å². The summed E-state index contributed by atoms with van der Waals surface area (Å²) in [6, 6.07) is 10.8. The summed E-state index contributed by atoms with van der Waals surface area (Å²) in [6.45, 7) is 0.657. The monoisotopic (exact) mass is 170 g/mol. The Labute approximate surface area is 76.2 Å². The molecule has 0 amide bonds. The van der Waals surface area contributed by atoms with Crippen molar-refractivity contribution in [3.05, 3.63) is 30.5 Å². The fourth-order valence-corrected chi connectivity index (χ4v) is 1.30. The molecule has 3 heteroatoms. The minimum atomic E-state index is 0.495. The summed E-state index contributed by atoms with van der Waals surface area (Å²) in [5.41, 5.74) is 1.06. The van der Waals surface area contributed by atoms with Crippen molar-refractivity contribution in [1.29, 1.82) is 5.26 Å². The minimum absolute atomic E-state index is 0.495. The molecule has 0 saturated carbocycles. The lowest BCUT2D eigenvalue weighted by Crippen LogP contribution is -1.98. The van der Waals surface area contributed by atoms with Crippen molar-refractivity contribution in [3.8, 4) is 6.07 Å². The van der Waals surface area contributed by atoms with Gasteiger partial charge in [0.25, 0.3) is 0 Å². The molecule has 1 aromatic carbocycles. The van der Waals surface area contributed by atoms with Gasteiger partial charge in [-0.05, 0) is 18.2 Å². The molecule has 2 rings (SSSR count). The molecule has 63 valence electrons. The van der Waals surface area contributed by atoms with Crippen molar-refractivity contribution in [3.63, 3.8) is 0 Å². The van der Waals surface area contributed by atoms with Crippen LogP contribution in [0.5, 0.6) is 0 Å². The molecule has 2 aromatic rings. The van der Waals surface area contributed by atoms with Crippen LogP contribution in [0.1, 0.15) is 6.42 Å². The van der Waals surface area contributed by atoms with E-state index < -0.39 is 0 Å². The van der Waals surface area contributed by atoms with Crippen LogP contribution in [-0.4, -0.2) is 9.78 Å². The van der Waals surface area contributed by atoms with Gasteiger partial charge in [-0.1, -0.05) is 6.07 Å². The van der Waals surface area contributed by atoms with E-state index in [2.05, 4.69) is 17.2 Å². The summed E-state index contributed by atoms with van der Waals surface area (Å²) in [4.78, 5) is 0. The molecule has 0 spiro atoms. The lowest BCUT2D eigenvalue weighted by atomic mass is 10.2. The van der Waals surface area contributed by atoms with Crippen molar-refractivity contribution in [2.24, 2.45) is 0 Å². The predicted molar refractivity (Wildman–Crippen MR) is 48.8 cm³/mol. The summed E-state index contributed by atoms with van der Waals surface area (Å²) in [5.74, 6) is 0. The van der Waals surface area contributed by atoms with Crippen LogP contribution in [0.25, 0.3) is 10.9 Å². The number of hydrogen-bond acceptors (Lipinski definition) is 2. The lowest BCUT2D eigenvalue weighted by Gasteiger charge is -1.97. The number of nitrogens with zero attached hydrogens (tertiary/aromatic N) is 3. The van der Waals surface area contributed by atoms with Gasteiger partial charge in [0.1, 0.15) is 0 Å². The Kier molecular flexibility index (Phi) is 1.97. The maximum atomic E-state index is 8.44. The molecule has 1 radical (unpaired) electrons. The summed E-state index contributed by atoms with van der Waals surface area (Å²) in [5, 5.41) is 13.7. The Morgan fingerprint density at radius 3 is 3.38 bits per heavy atom. The molecule has 0 unspecified atom stereocenters. The van der Waals surface area contributed by atoms with E-state index in [4.69, 9.17) is 5.26 Å². The SMILES string of the molecule is N#CCCn1ncc2c[c]ccc21. The Balaban J connectivity index is 2.41. The molecule has 0 aliphatic carbocycles. The first-order chi connectivity index (χ1) is 6.42. The van der Waals surface area contributed by atoms with E-state index in [1.165, 1.54) is 0 Å². The molecule has 0 aliphatic rings. The van der Waals surface area contributed by atoms with Gasteiger partial charge in [0.05, 0.1) is 30.7 Å². The van der Waals surface area contributed by atoms with Crippen LogP contribution in [0, 0.1) is 17.4 Å². The quantitative estimate of drug-likeness (QED) is 0.689. The highest BCUT2D eigenvalue weighted by Crippen LogP contribution is 2.12. The van der Waals surface area contributed by atoms with E-state index in [-0.39, 0.29) is 0 Å². The van der Waals surface area contributed by atoms with Gasteiger partial charge in [0.2, 0.25) is 0 Å². The third-order valence-electron chi connectivity index (χ3n) is 1.92. The number of nitriles is 1. The lowest BCUT2D eigenvalue weighted by molar-refractivity contribution is 0.649. The zero-order valence-electron chi connectivity index (χ0n) is 7.07. The van der Waals surface area contributed by atoms with Gasteiger partial charge in [-0.3, -0.25) is 4.68 Å². The van der Waals surface area contributed by atoms with Gasteiger partial charge in [0, 0.05) is 5.39 Å². The molecule has 0 saturated heterocycles. The molecule has 1 aromatic heterocycles. The molecule has 3 nitrogen and oxygen atoms in total. The Hall–Kier alpha value is -1.82. The van der Waals surface area contributed by atoms with Crippen molar-refractivity contribution in [2.75, 3.05) is 0 Å². The van der Waals surface area contributed by atoms with Crippen LogP contribution in [0.15, 0.2) is 24.4 Å². The topological polar surface area (TPSA) is 41.6 Å². The third-order valence-corrected chi connectivity index (χ3v) is 1.92. The standard InChI is InChI=1S/C10H8N3/c11-6-3-7-13-10-5-2-1-4-9(10)8-12-13/h2,4-5,8H,3,7H2. The number of fused-ring (bicyclic) bond motifs is 1. The maximum absolute atomic E-state index is 8.44. The van der Waals surface area contributed by atoms with Gasteiger partial charge in [-0.15, -0.1) is 0 Å². The molecule has 0 atom stereocenters. The zero-order valence-corrected chi connectivity index (χ0v) is 7.07. The summed E-state index contributed by atoms with van der Waals surface area (Å²) in [7, 11) is 0. The molecule has 1 heterocycles. The molecule has 0 aliphatic heterocycles. The average molecular weight is 170 g/mol. The van der Waals surface area contributed by atoms with E-state index in [1.807, 2.05) is 22.9 Å². The maximum Gasteiger partial charge on any atom is 0.0683 e. The smallest absolute Gasteiger partial charge is 0.0683 e. The minimum Gasteiger partial charge on any atom is -0.264 e. The van der Waals surface area contributed by atoms with Gasteiger partial charge in [0.15, 0.2) is 0 Å². The van der Waals surface area contributed by atoms with Crippen molar-refractivity contribution >= 4 is 10.9 Å². The van der Waals surface area contributed by atoms with Crippen LogP contribution in [0.3, 0.4) is 0 Å². The molecule has 0 N–H and O–H groups in total. The highest BCUT2D eigenvalue weighted by atomic mass is 15.3. The second kappa shape index (κ2) is 3.28. The summed E-state index contributed by atoms with van der Waals surface area (Å²) >= 11 is 0. The van der Waals surface area contributed by atoms with E-state index >= 15 is 0 Å². The number of aryl methyl sites for hydroxylation is 1. The van der Waals surface area contributed by atoms with E-state index in [1.54, 1.807) is 6.20 Å². The van der Waals surface area contributed by atoms with Gasteiger partial charge in [-0.2, -0.15) is 10.4 Å². The zero-order chi connectivity index (χ0) is 9.10. The second-order valence-corrected chi connectivity index (χ2v) is 2.76. The van der Waals surface area contributed by atoms with E-state index in [0.717, 1.165) is 10.9 Å². The first-order valence-corrected chi connectivity index (χ1v) is 4.10. The van der Waals surface area contributed by atoms with Crippen LogP contribution >= 0.6 is 0 Å². The first kappa shape index (κ1) is 7.81. The largest absolute Gasteiger partial charge is 0.264 e. The number of aromatic nitrogens is 2. The summed E-state index contributed by atoms with van der Waals surface area (Å²) in [6.07, 6.45) is 2.29. The molecule has 0 bridgehead atoms. The number of hydrogen-bond donors (Lipinski definition) is 0. The predicted octanol–water partition coefficient (Wildman–Crippen LogP) is 1.75. The van der Waals surface area contributed by atoms with Crippen LogP contribution < -0.4 is 0 Å². The third kappa shape index (κ3) is 1.38. The highest BCUT2D eigenvalue weighted by molar-refractivity contribution is 5.78. The molecule has 0 fully saturated rings. The van der Waals surface area contributed by atoms with Gasteiger partial charge in [-0.25, -0.2) is 0 Å². The number of benzene rings is 1. The summed E-state index contributed by atoms with van der Waals surface area (Å²) < 4.78 is 1.84. The normalized spacial score (nSPS) is 10.1. The van der Waals surface area contributed by atoms with Gasteiger partial charge < -0.3 is 0 Å². The van der Waals surface area contributed by atoms with E-state index in [9.17, 15) is 0 Å². The van der Waals surface area contributed by atoms with Crippen molar-refractivity contribution in [2.45, 2.75) is 13.0 Å². The fraction of sp³-hybridized carbons (Fsp3) is 0.200.